The molecule has 0 saturated heterocycles. The molecule has 8 heteroatoms. The van der Waals surface area contributed by atoms with E-state index in [4.69, 9.17) is 0 Å². The molecule has 108 valence electrons. The Morgan fingerprint density at radius 3 is 2.86 bits per heavy atom. The summed E-state index contributed by atoms with van der Waals surface area (Å²) in [5.41, 5.74) is 0.446. The maximum absolute atomic E-state index is 12.5. The van der Waals surface area contributed by atoms with Crippen molar-refractivity contribution < 1.29 is 4.79 Å². The summed E-state index contributed by atoms with van der Waals surface area (Å²) in [6.45, 7) is 2.15. The van der Waals surface area contributed by atoms with Crippen LogP contribution < -0.4 is 5.56 Å². The van der Waals surface area contributed by atoms with Crippen LogP contribution in [0.1, 0.15) is 21.1 Å². The first-order valence-electron chi connectivity index (χ1n) is 6.28. The molecule has 0 atom stereocenters. The van der Waals surface area contributed by atoms with Gasteiger partial charge in [0.1, 0.15) is 10.7 Å². The number of amides is 1. The lowest BCUT2D eigenvalue weighted by molar-refractivity contribution is 0.0786. The summed E-state index contributed by atoms with van der Waals surface area (Å²) in [7, 11) is 1.70. The molecule has 0 aliphatic rings. The van der Waals surface area contributed by atoms with Gasteiger partial charge >= 0.3 is 0 Å². The van der Waals surface area contributed by atoms with Gasteiger partial charge in [-0.25, -0.2) is 9.97 Å². The third kappa shape index (κ3) is 2.33. The number of hydrogen-bond donors (Lipinski definition) is 2. The van der Waals surface area contributed by atoms with E-state index < -0.39 is 0 Å². The van der Waals surface area contributed by atoms with Crippen molar-refractivity contribution in [1.82, 2.24) is 24.8 Å². The van der Waals surface area contributed by atoms with Crippen LogP contribution in [-0.4, -0.2) is 37.8 Å². The molecule has 3 rings (SSSR count). The van der Waals surface area contributed by atoms with Gasteiger partial charge in [-0.3, -0.25) is 9.59 Å². The summed E-state index contributed by atoms with van der Waals surface area (Å²) >= 11 is 1.23. The van der Waals surface area contributed by atoms with Crippen LogP contribution in [0, 0.1) is 6.92 Å². The van der Waals surface area contributed by atoms with Gasteiger partial charge in [0.15, 0.2) is 0 Å². The number of thiophene rings is 1. The third-order valence-corrected chi connectivity index (χ3v) is 4.40. The number of aromatic amines is 2. The number of H-pyrrole nitrogens is 2. The maximum Gasteiger partial charge on any atom is 0.264 e. The van der Waals surface area contributed by atoms with Gasteiger partial charge < -0.3 is 14.9 Å². The van der Waals surface area contributed by atoms with E-state index in [2.05, 4.69) is 19.9 Å². The molecule has 0 saturated carbocycles. The predicted octanol–water partition coefficient (Wildman–Crippen LogP) is 1.29. The van der Waals surface area contributed by atoms with Crippen molar-refractivity contribution in [2.45, 2.75) is 13.5 Å². The number of rotatable bonds is 3. The first kappa shape index (κ1) is 13.5. The van der Waals surface area contributed by atoms with E-state index in [1.807, 2.05) is 0 Å². The third-order valence-electron chi connectivity index (χ3n) is 3.22. The summed E-state index contributed by atoms with van der Waals surface area (Å²) in [6, 6.07) is 0. The Bertz CT molecular complexity index is 849. The zero-order chi connectivity index (χ0) is 15.0. The molecule has 2 N–H and O–H groups in total. The van der Waals surface area contributed by atoms with E-state index in [-0.39, 0.29) is 11.5 Å². The van der Waals surface area contributed by atoms with Crippen molar-refractivity contribution >= 4 is 27.5 Å². The Balaban J connectivity index is 1.96. The normalized spacial score (nSPS) is 11.0. The van der Waals surface area contributed by atoms with Crippen molar-refractivity contribution in [3.63, 3.8) is 0 Å². The number of hydrogen-bond acceptors (Lipinski definition) is 5. The Labute approximate surface area is 123 Å². The van der Waals surface area contributed by atoms with Gasteiger partial charge in [0.25, 0.3) is 11.5 Å². The molecule has 1 amide bonds. The standard InChI is InChI=1S/C13H13N5O2S/c1-7-9-11(19)16-6-17-12(9)21-10(7)13(20)18(2)5-8-14-3-4-15-8/h3-4,6H,5H2,1-2H3,(H,14,15)(H,16,17,19). The van der Waals surface area contributed by atoms with Crippen LogP contribution in [0.5, 0.6) is 0 Å². The van der Waals surface area contributed by atoms with Crippen LogP contribution in [-0.2, 0) is 6.54 Å². The summed E-state index contributed by atoms with van der Waals surface area (Å²) in [6.07, 6.45) is 4.70. The summed E-state index contributed by atoms with van der Waals surface area (Å²) in [5, 5.41) is 0.484. The average molecular weight is 303 g/mol. The Kier molecular flexibility index (Phi) is 3.30. The van der Waals surface area contributed by atoms with Gasteiger partial charge in [0.05, 0.1) is 23.1 Å². The molecule has 3 aromatic heterocycles. The van der Waals surface area contributed by atoms with Crippen LogP contribution in [0.2, 0.25) is 0 Å². The molecular weight excluding hydrogens is 290 g/mol. The van der Waals surface area contributed by atoms with E-state index in [0.717, 1.165) is 0 Å². The van der Waals surface area contributed by atoms with Gasteiger partial charge in [-0.1, -0.05) is 0 Å². The van der Waals surface area contributed by atoms with Crippen molar-refractivity contribution in [2.24, 2.45) is 0 Å². The average Bonchev–Trinajstić information content (AvgIpc) is 3.07. The Morgan fingerprint density at radius 1 is 1.38 bits per heavy atom. The smallest absolute Gasteiger partial charge is 0.264 e. The molecule has 0 unspecified atom stereocenters. The predicted molar refractivity (Wildman–Crippen MR) is 79.4 cm³/mol. The fourth-order valence-electron chi connectivity index (χ4n) is 2.14. The minimum Gasteiger partial charge on any atom is -0.347 e. The fourth-order valence-corrected chi connectivity index (χ4v) is 3.28. The number of carbonyl (C=O) groups excluding carboxylic acids is 1. The number of imidazole rings is 1. The number of nitrogens with zero attached hydrogens (tertiary/aromatic N) is 3. The van der Waals surface area contributed by atoms with Crippen LogP contribution in [0.25, 0.3) is 10.2 Å². The summed E-state index contributed by atoms with van der Waals surface area (Å²) < 4.78 is 0. The zero-order valence-electron chi connectivity index (χ0n) is 11.5. The fraction of sp³-hybridized carbons (Fsp3) is 0.231. The van der Waals surface area contributed by atoms with Crippen LogP contribution in [0.3, 0.4) is 0 Å². The lowest BCUT2D eigenvalue weighted by Gasteiger charge is -2.15. The van der Waals surface area contributed by atoms with Crippen molar-refractivity contribution in [2.75, 3.05) is 7.05 Å². The molecule has 0 fully saturated rings. The van der Waals surface area contributed by atoms with Crippen molar-refractivity contribution in [3.8, 4) is 0 Å². The number of nitrogens with one attached hydrogen (secondary N) is 2. The highest BCUT2D eigenvalue weighted by Gasteiger charge is 2.21. The van der Waals surface area contributed by atoms with Crippen molar-refractivity contribution in [1.29, 1.82) is 0 Å². The SMILES string of the molecule is Cc1c(C(=O)N(C)Cc2ncc[nH]2)sc2nc[nH]c(=O)c12. The van der Waals surface area contributed by atoms with E-state index in [1.165, 1.54) is 17.7 Å². The molecule has 0 aliphatic heterocycles. The van der Waals surface area contributed by atoms with Gasteiger partial charge in [0.2, 0.25) is 0 Å². The number of aryl methyl sites for hydroxylation is 1. The second-order valence-electron chi connectivity index (χ2n) is 4.67. The molecule has 0 spiro atoms. The molecule has 0 aliphatic carbocycles. The van der Waals surface area contributed by atoms with Crippen molar-refractivity contribution in [3.05, 3.63) is 45.3 Å². The van der Waals surface area contributed by atoms with Gasteiger partial charge in [0, 0.05) is 19.4 Å². The number of carbonyl (C=O) groups is 1. The first-order chi connectivity index (χ1) is 10.1. The second kappa shape index (κ2) is 5.13. The highest BCUT2D eigenvalue weighted by Crippen LogP contribution is 2.27. The molecule has 7 nitrogen and oxygen atoms in total. The minimum atomic E-state index is -0.221. The summed E-state index contributed by atoms with van der Waals surface area (Å²) in [5.74, 6) is 0.562. The number of aromatic nitrogens is 4. The Hall–Kier alpha value is -2.48. The molecule has 0 radical (unpaired) electrons. The molecule has 0 aromatic carbocycles. The van der Waals surface area contributed by atoms with Gasteiger partial charge in [-0.05, 0) is 12.5 Å². The zero-order valence-corrected chi connectivity index (χ0v) is 12.3. The van der Waals surface area contributed by atoms with E-state index in [1.54, 1.807) is 31.3 Å². The summed E-state index contributed by atoms with van der Waals surface area (Å²) in [4.78, 5) is 40.7. The molecule has 0 bridgehead atoms. The highest BCUT2D eigenvalue weighted by atomic mass is 32.1. The first-order valence-corrected chi connectivity index (χ1v) is 7.10. The Morgan fingerprint density at radius 2 is 2.19 bits per heavy atom. The maximum atomic E-state index is 12.5. The lowest BCUT2D eigenvalue weighted by atomic mass is 10.2. The van der Waals surface area contributed by atoms with Crippen LogP contribution in [0.4, 0.5) is 0 Å². The lowest BCUT2D eigenvalue weighted by Crippen LogP contribution is -2.26. The molecule has 3 heterocycles. The molecule has 21 heavy (non-hydrogen) atoms. The molecular formula is C13H13N5O2S. The largest absolute Gasteiger partial charge is 0.347 e. The minimum absolute atomic E-state index is 0.147. The number of fused-ring (bicyclic) bond motifs is 1. The van der Waals surface area contributed by atoms with E-state index >= 15 is 0 Å². The van der Waals surface area contributed by atoms with Crippen LogP contribution >= 0.6 is 11.3 Å². The van der Waals surface area contributed by atoms with Gasteiger partial charge in [-0.2, -0.15) is 0 Å². The second-order valence-corrected chi connectivity index (χ2v) is 5.66. The highest BCUT2D eigenvalue weighted by molar-refractivity contribution is 7.20. The van der Waals surface area contributed by atoms with Gasteiger partial charge in [-0.15, -0.1) is 11.3 Å². The van der Waals surface area contributed by atoms with Crippen LogP contribution in [0.15, 0.2) is 23.5 Å². The van der Waals surface area contributed by atoms with E-state index in [0.29, 0.717) is 33.0 Å². The topological polar surface area (TPSA) is 94.7 Å². The monoisotopic (exact) mass is 303 g/mol. The molecule has 3 aromatic rings. The van der Waals surface area contributed by atoms with E-state index in [9.17, 15) is 9.59 Å². The quantitative estimate of drug-likeness (QED) is 0.762.